The van der Waals surface area contributed by atoms with E-state index in [1.165, 1.54) is 24.3 Å². The molecule has 0 radical (unpaired) electrons. The molecule has 0 aliphatic heterocycles. The number of halogens is 1. The number of nitro benzene ring substituents is 1. The minimum atomic E-state index is -4.46. The SMILES string of the molecule is N#C/C(=C/Nc1ccc(Cl)c([N+](=O)[O-])c1)C(=O)Nc1cccc(S(=O)(=O)O)c1. The van der Waals surface area contributed by atoms with Crippen molar-refractivity contribution in [2.45, 2.75) is 4.90 Å². The Kier molecular flexibility index (Phi) is 6.32. The van der Waals surface area contributed by atoms with E-state index in [1.807, 2.05) is 0 Å². The average molecular weight is 423 g/mol. The summed E-state index contributed by atoms with van der Waals surface area (Å²) in [5.41, 5.74) is -0.506. The predicted molar refractivity (Wildman–Crippen MR) is 100 cm³/mol. The topological polar surface area (TPSA) is 162 Å². The monoisotopic (exact) mass is 422 g/mol. The fourth-order valence-corrected chi connectivity index (χ4v) is 2.69. The molecule has 0 atom stereocenters. The van der Waals surface area contributed by atoms with Crippen molar-refractivity contribution in [3.05, 3.63) is 69.4 Å². The first-order valence-electron chi connectivity index (χ1n) is 7.31. The van der Waals surface area contributed by atoms with E-state index < -0.39 is 31.4 Å². The second kappa shape index (κ2) is 8.49. The van der Waals surface area contributed by atoms with Gasteiger partial charge in [-0.05, 0) is 30.3 Å². The first kappa shape index (κ1) is 20.8. The number of hydrogen-bond donors (Lipinski definition) is 3. The van der Waals surface area contributed by atoms with Crippen LogP contribution in [0.25, 0.3) is 0 Å². The summed E-state index contributed by atoms with van der Waals surface area (Å²) in [7, 11) is -4.46. The van der Waals surface area contributed by atoms with E-state index in [-0.39, 0.29) is 22.1 Å². The lowest BCUT2D eigenvalue weighted by molar-refractivity contribution is -0.384. The summed E-state index contributed by atoms with van der Waals surface area (Å²) < 4.78 is 31.3. The van der Waals surface area contributed by atoms with Gasteiger partial charge in [-0.2, -0.15) is 13.7 Å². The third kappa shape index (κ3) is 5.27. The van der Waals surface area contributed by atoms with E-state index >= 15 is 0 Å². The number of anilines is 2. The molecule has 12 heteroatoms. The number of carbonyl (C=O) groups is 1. The molecule has 0 aliphatic carbocycles. The van der Waals surface area contributed by atoms with Crippen molar-refractivity contribution in [3.8, 4) is 6.07 Å². The lowest BCUT2D eigenvalue weighted by Crippen LogP contribution is -2.15. The number of nitro groups is 1. The average Bonchev–Trinajstić information content (AvgIpc) is 2.62. The van der Waals surface area contributed by atoms with Crippen molar-refractivity contribution in [2.75, 3.05) is 10.6 Å². The van der Waals surface area contributed by atoms with Crippen LogP contribution in [0.15, 0.2) is 59.1 Å². The highest BCUT2D eigenvalue weighted by Gasteiger charge is 2.15. The second-order valence-electron chi connectivity index (χ2n) is 5.19. The molecular formula is C16H11ClN4O6S. The van der Waals surface area contributed by atoms with E-state index in [4.69, 9.17) is 21.4 Å². The Morgan fingerprint density at radius 1 is 1.25 bits per heavy atom. The van der Waals surface area contributed by atoms with Crippen LogP contribution in [0.1, 0.15) is 0 Å². The van der Waals surface area contributed by atoms with Gasteiger partial charge < -0.3 is 10.6 Å². The molecule has 0 aliphatic rings. The van der Waals surface area contributed by atoms with Crippen LogP contribution in [0.5, 0.6) is 0 Å². The van der Waals surface area contributed by atoms with Gasteiger partial charge in [0, 0.05) is 23.6 Å². The van der Waals surface area contributed by atoms with Gasteiger partial charge >= 0.3 is 0 Å². The lowest BCUT2D eigenvalue weighted by Gasteiger charge is -2.06. The minimum Gasteiger partial charge on any atom is -0.360 e. The van der Waals surface area contributed by atoms with Gasteiger partial charge in [0.25, 0.3) is 21.7 Å². The third-order valence-corrected chi connectivity index (χ3v) is 4.45. The zero-order valence-electron chi connectivity index (χ0n) is 13.8. The molecule has 2 aromatic carbocycles. The number of amides is 1. The number of benzene rings is 2. The van der Waals surface area contributed by atoms with E-state index in [9.17, 15) is 23.3 Å². The number of nitriles is 1. The van der Waals surface area contributed by atoms with Crippen molar-refractivity contribution in [3.63, 3.8) is 0 Å². The Morgan fingerprint density at radius 2 is 1.96 bits per heavy atom. The maximum atomic E-state index is 12.2. The van der Waals surface area contributed by atoms with Crippen molar-refractivity contribution in [1.29, 1.82) is 5.26 Å². The van der Waals surface area contributed by atoms with Gasteiger partial charge in [0.1, 0.15) is 16.7 Å². The molecule has 0 bridgehead atoms. The first-order chi connectivity index (χ1) is 13.1. The second-order valence-corrected chi connectivity index (χ2v) is 7.02. The molecule has 2 aromatic rings. The molecule has 28 heavy (non-hydrogen) atoms. The highest BCUT2D eigenvalue weighted by molar-refractivity contribution is 7.85. The maximum absolute atomic E-state index is 12.2. The Labute approximate surface area is 163 Å². The Balaban J connectivity index is 2.19. The Morgan fingerprint density at radius 3 is 2.57 bits per heavy atom. The maximum Gasteiger partial charge on any atom is 0.294 e. The molecule has 0 aromatic heterocycles. The van der Waals surface area contributed by atoms with Gasteiger partial charge in [0.2, 0.25) is 0 Å². The van der Waals surface area contributed by atoms with Crippen LogP contribution >= 0.6 is 11.6 Å². The highest BCUT2D eigenvalue weighted by atomic mass is 35.5. The molecule has 0 spiro atoms. The zero-order valence-corrected chi connectivity index (χ0v) is 15.4. The highest BCUT2D eigenvalue weighted by Crippen LogP contribution is 2.27. The summed E-state index contributed by atoms with van der Waals surface area (Å²) in [6.07, 6.45) is 1.02. The standard InChI is InChI=1S/C16H11ClN4O6S/c17-14-5-4-11(7-15(14)21(23)24)19-9-10(8-18)16(22)20-12-2-1-3-13(6-12)28(25,26)27/h1-7,9,19H,(H,20,22)(H,25,26,27)/b10-9-. The summed E-state index contributed by atoms with van der Waals surface area (Å²) in [6.45, 7) is 0. The number of nitrogens with one attached hydrogen (secondary N) is 2. The molecule has 0 fully saturated rings. The van der Waals surface area contributed by atoms with Crippen molar-refractivity contribution >= 4 is 44.7 Å². The molecule has 3 N–H and O–H groups in total. The quantitative estimate of drug-likeness (QED) is 0.210. The molecule has 0 unspecified atom stereocenters. The van der Waals surface area contributed by atoms with Crippen LogP contribution in [0.3, 0.4) is 0 Å². The van der Waals surface area contributed by atoms with Crippen LogP contribution in [-0.4, -0.2) is 23.8 Å². The van der Waals surface area contributed by atoms with Gasteiger partial charge in [0.15, 0.2) is 0 Å². The van der Waals surface area contributed by atoms with E-state index in [0.29, 0.717) is 0 Å². The number of hydrogen-bond acceptors (Lipinski definition) is 7. The lowest BCUT2D eigenvalue weighted by atomic mass is 10.2. The molecule has 144 valence electrons. The van der Waals surface area contributed by atoms with Crippen LogP contribution in [-0.2, 0) is 14.9 Å². The van der Waals surface area contributed by atoms with E-state index in [0.717, 1.165) is 24.4 Å². The van der Waals surface area contributed by atoms with Crippen LogP contribution in [0.4, 0.5) is 17.1 Å². The van der Waals surface area contributed by atoms with Gasteiger partial charge in [-0.25, -0.2) is 0 Å². The van der Waals surface area contributed by atoms with Gasteiger partial charge in [-0.3, -0.25) is 19.5 Å². The molecule has 0 heterocycles. The van der Waals surface area contributed by atoms with Crippen LogP contribution in [0, 0.1) is 21.4 Å². The van der Waals surface area contributed by atoms with Gasteiger partial charge in [-0.15, -0.1) is 0 Å². The van der Waals surface area contributed by atoms with E-state index in [1.54, 1.807) is 6.07 Å². The molecule has 2 rings (SSSR count). The largest absolute Gasteiger partial charge is 0.360 e. The van der Waals surface area contributed by atoms with Gasteiger partial charge in [0.05, 0.1) is 9.82 Å². The fourth-order valence-electron chi connectivity index (χ4n) is 1.98. The predicted octanol–water partition coefficient (Wildman–Crippen LogP) is 2.95. The van der Waals surface area contributed by atoms with Crippen LogP contribution < -0.4 is 10.6 Å². The Hall–Kier alpha value is -3.46. The first-order valence-corrected chi connectivity index (χ1v) is 9.13. The normalized spacial score (nSPS) is 11.4. The summed E-state index contributed by atoms with van der Waals surface area (Å²) in [4.78, 5) is 21.9. The third-order valence-electron chi connectivity index (χ3n) is 3.28. The summed E-state index contributed by atoms with van der Waals surface area (Å²) in [5, 5.41) is 24.8. The summed E-state index contributed by atoms with van der Waals surface area (Å²) >= 11 is 5.70. The number of nitrogens with zero attached hydrogens (tertiary/aromatic N) is 2. The Bertz CT molecular complexity index is 1120. The fraction of sp³-hybridized carbons (Fsp3) is 0. The molecule has 0 saturated heterocycles. The van der Waals surface area contributed by atoms with E-state index in [2.05, 4.69) is 10.6 Å². The molecule has 0 saturated carbocycles. The van der Waals surface area contributed by atoms with Crippen LogP contribution in [0.2, 0.25) is 5.02 Å². The molecule has 1 amide bonds. The molecular weight excluding hydrogens is 412 g/mol. The number of carbonyl (C=O) groups excluding carboxylic acids is 1. The van der Waals surface area contributed by atoms with Crippen molar-refractivity contribution in [2.24, 2.45) is 0 Å². The van der Waals surface area contributed by atoms with Crippen molar-refractivity contribution < 1.29 is 22.7 Å². The molecule has 10 nitrogen and oxygen atoms in total. The van der Waals surface area contributed by atoms with Gasteiger partial charge in [-0.1, -0.05) is 17.7 Å². The minimum absolute atomic E-state index is 0.0309. The van der Waals surface area contributed by atoms with Crippen molar-refractivity contribution in [1.82, 2.24) is 0 Å². The summed E-state index contributed by atoms with van der Waals surface area (Å²) in [5.74, 6) is -0.869. The number of rotatable bonds is 6. The smallest absolute Gasteiger partial charge is 0.294 e. The summed E-state index contributed by atoms with van der Waals surface area (Å²) in [6, 6.07) is 10.3. The zero-order chi connectivity index (χ0) is 20.9.